The zero-order chi connectivity index (χ0) is 14.9. The molecule has 0 saturated carbocycles. The molecule has 1 aromatic carbocycles. The van der Waals surface area contributed by atoms with Crippen LogP contribution in [-0.2, 0) is 6.54 Å². The van der Waals surface area contributed by atoms with Crippen LogP contribution in [0, 0.1) is 0 Å². The van der Waals surface area contributed by atoms with E-state index in [1.165, 1.54) is 6.26 Å². The summed E-state index contributed by atoms with van der Waals surface area (Å²) in [6, 6.07) is 13.3. The molecular formula is C15H11N5O2. The largest absolute Gasteiger partial charge is 0.461 e. The molecule has 3 heterocycles. The maximum absolute atomic E-state index is 12.1. The summed E-state index contributed by atoms with van der Waals surface area (Å²) >= 11 is 0. The fraction of sp³-hybridized carbons (Fsp3) is 0.0667. The van der Waals surface area contributed by atoms with Crippen LogP contribution in [0.3, 0.4) is 0 Å². The van der Waals surface area contributed by atoms with Gasteiger partial charge in [0.05, 0.1) is 12.8 Å². The molecule has 0 spiro atoms. The van der Waals surface area contributed by atoms with Crippen LogP contribution in [0.15, 0.2) is 57.9 Å². The number of furan rings is 1. The van der Waals surface area contributed by atoms with Gasteiger partial charge in [-0.15, -0.1) is 5.10 Å². The van der Waals surface area contributed by atoms with Crippen LogP contribution in [-0.4, -0.2) is 25.0 Å². The predicted octanol–water partition coefficient (Wildman–Crippen LogP) is 1.82. The highest BCUT2D eigenvalue weighted by Gasteiger charge is 2.14. The van der Waals surface area contributed by atoms with Crippen molar-refractivity contribution in [2.45, 2.75) is 6.54 Å². The van der Waals surface area contributed by atoms with Gasteiger partial charge in [-0.3, -0.25) is 4.79 Å². The van der Waals surface area contributed by atoms with Crippen molar-refractivity contribution in [2.75, 3.05) is 0 Å². The molecule has 108 valence electrons. The van der Waals surface area contributed by atoms with Crippen molar-refractivity contribution in [1.29, 1.82) is 0 Å². The fourth-order valence-electron chi connectivity index (χ4n) is 2.26. The molecule has 0 unspecified atom stereocenters. The van der Waals surface area contributed by atoms with E-state index in [1.807, 2.05) is 30.3 Å². The van der Waals surface area contributed by atoms with Crippen LogP contribution in [0.4, 0.5) is 0 Å². The molecule has 22 heavy (non-hydrogen) atoms. The van der Waals surface area contributed by atoms with Gasteiger partial charge in [0.2, 0.25) is 0 Å². The Morgan fingerprint density at radius 3 is 2.77 bits per heavy atom. The topological polar surface area (TPSA) is 89.6 Å². The van der Waals surface area contributed by atoms with E-state index >= 15 is 0 Å². The van der Waals surface area contributed by atoms with Crippen molar-refractivity contribution in [3.8, 4) is 11.6 Å². The minimum absolute atomic E-state index is 0.214. The first-order valence-electron chi connectivity index (χ1n) is 6.72. The van der Waals surface area contributed by atoms with Gasteiger partial charge in [-0.05, 0) is 17.7 Å². The van der Waals surface area contributed by atoms with E-state index in [1.54, 1.807) is 16.8 Å². The predicted molar refractivity (Wildman–Crippen MR) is 79.2 cm³/mol. The van der Waals surface area contributed by atoms with E-state index in [0.29, 0.717) is 23.8 Å². The lowest BCUT2D eigenvalue weighted by molar-refractivity contribution is 0.577. The van der Waals surface area contributed by atoms with Crippen LogP contribution >= 0.6 is 0 Å². The number of aromatic amines is 1. The number of benzene rings is 1. The Bertz CT molecular complexity index is 970. The lowest BCUT2D eigenvalue weighted by Crippen LogP contribution is -2.11. The van der Waals surface area contributed by atoms with Gasteiger partial charge >= 0.3 is 0 Å². The number of nitrogens with one attached hydrogen (secondary N) is 1. The summed E-state index contributed by atoms with van der Waals surface area (Å²) in [6.07, 6.45) is 1.53. The SMILES string of the molecule is O=c1[nH]c(-c2ccco2)nc2c1nnn2Cc1ccccc1. The van der Waals surface area contributed by atoms with Gasteiger partial charge in [0.15, 0.2) is 22.7 Å². The number of hydrogen-bond donors (Lipinski definition) is 1. The zero-order valence-corrected chi connectivity index (χ0v) is 11.4. The summed E-state index contributed by atoms with van der Waals surface area (Å²) in [5.74, 6) is 0.852. The Hall–Kier alpha value is -3.22. The molecule has 0 bridgehead atoms. The van der Waals surface area contributed by atoms with Crippen molar-refractivity contribution < 1.29 is 4.42 Å². The molecule has 7 heteroatoms. The number of fused-ring (bicyclic) bond motifs is 1. The highest BCUT2D eigenvalue weighted by molar-refractivity contribution is 5.70. The molecule has 0 fully saturated rings. The highest BCUT2D eigenvalue weighted by Crippen LogP contribution is 2.16. The quantitative estimate of drug-likeness (QED) is 0.622. The van der Waals surface area contributed by atoms with E-state index < -0.39 is 0 Å². The highest BCUT2D eigenvalue weighted by atomic mass is 16.3. The van der Waals surface area contributed by atoms with Gasteiger partial charge < -0.3 is 9.40 Å². The maximum atomic E-state index is 12.1. The van der Waals surface area contributed by atoms with Crippen molar-refractivity contribution >= 4 is 11.2 Å². The lowest BCUT2D eigenvalue weighted by Gasteiger charge is -2.02. The standard InChI is InChI=1S/C15H11N5O2/c21-15-12-14(16-13(17-15)11-7-4-8-22-11)20(19-18-12)9-10-5-2-1-3-6-10/h1-8H,9H2,(H,16,17,21). The molecule has 0 aliphatic heterocycles. The van der Waals surface area contributed by atoms with Crippen LogP contribution in [0.25, 0.3) is 22.7 Å². The van der Waals surface area contributed by atoms with Crippen molar-refractivity contribution in [2.24, 2.45) is 0 Å². The monoisotopic (exact) mass is 293 g/mol. The number of hydrogen-bond acceptors (Lipinski definition) is 5. The third-order valence-electron chi connectivity index (χ3n) is 3.30. The maximum Gasteiger partial charge on any atom is 0.281 e. The first-order chi connectivity index (χ1) is 10.8. The van der Waals surface area contributed by atoms with Gasteiger partial charge in [-0.2, -0.15) is 0 Å². The number of nitrogens with zero attached hydrogens (tertiary/aromatic N) is 4. The normalized spacial score (nSPS) is 11.1. The molecule has 7 nitrogen and oxygen atoms in total. The zero-order valence-electron chi connectivity index (χ0n) is 11.4. The summed E-state index contributed by atoms with van der Waals surface area (Å²) in [6.45, 7) is 0.491. The van der Waals surface area contributed by atoms with E-state index in [2.05, 4.69) is 20.3 Å². The lowest BCUT2D eigenvalue weighted by atomic mass is 10.2. The summed E-state index contributed by atoms with van der Waals surface area (Å²) in [7, 11) is 0. The van der Waals surface area contributed by atoms with Gasteiger partial charge in [0.25, 0.3) is 5.56 Å². The van der Waals surface area contributed by atoms with Crippen molar-refractivity contribution in [3.05, 3.63) is 64.6 Å². The van der Waals surface area contributed by atoms with Crippen LogP contribution in [0.1, 0.15) is 5.56 Å². The van der Waals surface area contributed by atoms with E-state index in [-0.39, 0.29) is 11.1 Å². The third kappa shape index (κ3) is 2.08. The first kappa shape index (κ1) is 12.5. The average molecular weight is 293 g/mol. The second-order valence-corrected chi connectivity index (χ2v) is 4.80. The Balaban J connectivity index is 1.85. The van der Waals surface area contributed by atoms with Gasteiger partial charge in [-0.1, -0.05) is 35.5 Å². The summed E-state index contributed by atoms with van der Waals surface area (Å²) < 4.78 is 6.88. The van der Waals surface area contributed by atoms with Gasteiger partial charge in [0, 0.05) is 0 Å². The van der Waals surface area contributed by atoms with E-state index in [0.717, 1.165) is 5.56 Å². The van der Waals surface area contributed by atoms with Crippen molar-refractivity contribution in [1.82, 2.24) is 25.0 Å². The molecule has 0 radical (unpaired) electrons. The van der Waals surface area contributed by atoms with E-state index in [4.69, 9.17) is 4.42 Å². The fourth-order valence-corrected chi connectivity index (χ4v) is 2.26. The van der Waals surface area contributed by atoms with Crippen LogP contribution in [0.5, 0.6) is 0 Å². The molecule has 1 N–H and O–H groups in total. The van der Waals surface area contributed by atoms with Crippen LogP contribution in [0.2, 0.25) is 0 Å². The Kier molecular flexibility index (Phi) is 2.82. The van der Waals surface area contributed by atoms with Crippen LogP contribution < -0.4 is 5.56 Å². The van der Waals surface area contributed by atoms with Gasteiger partial charge in [-0.25, -0.2) is 9.67 Å². The number of rotatable bonds is 3. The average Bonchev–Trinajstić information content (AvgIpc) is 3.19. The molecule has 3 aromatic heterocycles. The second kappa shape index (κ2) is 4.96. The third-order valence-corrected chi connectivity index (χ3v) is 3.30. The first-order valence-corrected chi connectivity index (χ1v) is 6.72. The van der Waals surface area contributed by atoms with E-state index in [9.17, 15) is 4.79 Å². The van der Waals surface area contributed by atoms with Gasteiger partial charge in [0.1, 0.15) is 0 Å². The van der Waals surface area contributed by atoms with Crippen molar-refractivity contribution in [3.63, 3.8) is 0 Å². The Morgan fingerprint density at radius 2 is 2.00 bits per heavy atom. The molecule has 0 atom stereocenters. The molecular weight excluding hydrogens is 282 g/mol. The number of aromatic nitrogens is 5. The molecule has 0 aliphatic rings. The summed E-state index contributed by atoms with van der Waals surface area (Å²) in [5, 5.41) is 7.94. The molecule has 0 aliphatic carbocycles. The molecule has 0 saturated heterocycles. The summed E-state index contributed by atoms with van der Waals surface area (Å²) in [4.78, 5) is 19.2. The summed E-state index contributed by atoms with van der Waals surface area (Å²) in [5.41, 5.74) is 1.36. The Labute approximate surface area is 124 Å². The number of H-pyrrole nitrogens is 1. The molecule has 4 rings (SSSR count). The Morgan fingerprint density at radius 1 is 1.14 bits per heavy atom. The molecule has 0 amide bonds. The minimum atomic E-state index is -0.337. The smallest absolute Gasteiger partial charge is 0.281 e. The second-order valence-electron chi connectivity index (χ2n) is 4.80. The molecule has 4 aromatic rings. The minimum Gasteiger partial charge on any atom is -0.461 e.